The summed E-state index contributed by atoms with van der Waals surface area (Å²) in [6.45, 7) is 6.01. The summed E-state index contributed by atoms with van der Waals surface area (Å²) in [7, 11) is 0. The Bertz CT molecular complexity index is 1080. The summed E-state index contributed by atoms with van der Waals surface area (Å²) < 4.78 is 0. The number of hydrogen-bond acceptors (Lipinski definition) is 6. The zero-order valence-electron chi connectivity index (χ0n) is 16.3. The molecule has 1 fully saturated rings. The van der Waals surface area contributed by atoms with Crippen LogP contribution in [0, 0.1) is 6.92 Å². The van der Waals surface area contributed by atoms with Crippen LogP contribution in [0.3, 0.4) is 0 Å². The number of thiazole rings is 2. The van der Waals surface area contributed by atoms with E-state index in [0.717, 1.165) is 47.8 Å². The van der Waals surface area contributed by atoms with Crippen LogP contribution in [0.1, 0.15) is 5.56 Å². The van der Waals surface area contributed by atoms with Gasteiger partial charge in [0.2, 0.25) is 0 Å². The maximum absolute atomic E-state index is 4.89. The fourth-order valence-corrected chi connectivity index (χ4v) is 5.28. The summed E-state index contributed by atoms with van der Waals surface area (Å²) in [5.41, 5.74) is 5.78. The maximum Gasteiger partial charge on any atom is 0.185 e. The van der Waals surface area contributed by atoms with E-state index in [-0.39, 0.29) is 0 Å². The van der Waals surface area contributed by atoms with E-state index in [9.17, 15) is 0 Å². The number of rotatable bonds is 4. The number of hydrogen-bond donors (Lipinski definition) is 0. The molecule has 0 atom stereocenters. The average molecular weight is 419 g/mol. The van der Waals surface area contributed by atoms with Crippen LogP contribution in [0.2, 0.25) is 0 Å². The summed E-state index contributed by atoms with van der Waals surface area (Å²) in [4.78, 5) is 14.5. The molecule has 4 aromatic rings. The van der Waals surface area contributed by atoms with Crippen molar-refractivity contribution in [2.45, 2.75) is 6.92 Å². The van der Waals surface area contributed by atoms with E-state index in [1.807, 2.05) is 6.07 Å². The molecule has 5 rings (SSSR count). The van der Waals surface area contributed by atoms with Crippen molar-refractivity contribution < 1.29 is 0 Å². The molecule has 0 amide bonds. The smallest absolute Gasteiger partial charge is 0.185 e. The third-order valence-corrected chi connectivity index (χ3v) is 7.02. The normalized spacial score (nSPS) is 14.4. The summed E-state index contributed by atoms with van der Waals surface area (Å²) in [5, 5.41) is 6.55. The van der Waals surface area contributed by atoms with Gasteiger partial charge >= 0.3 is 0 Å². The van der Waals surface area contributed by atoms with Crippen LogP contribution in [0.5, 0.6) is 0 Å². The predicted octanol–water partition coefficient (Wildman–Crippen LogP) is 5.57. The fraction of sp³-hybridized carbons (Fsp3) is 0.217. The fourth-order valence-electron chi connectivity index (χ4n) is 3.51. The van der Waals surface area contributed by atoms with Gasteiger partial charge in [-0.2, -0.15) is 0 Å². The highest BCUT2D eigenvalue weighted by atomic mass is 32.1. The quantitative estimate of drug-likeness (QED) is 0.434. The van der Waals surface area contributed by atoms with E-state index in [0.29, 0.717) is 0 Å². The average Bonchev–Trinajstić information content (AvgIpc) is 3.46. The second-order valence-corrected chi connectivity index (χ2v) is 8.91. The molecule has 0 saturated carbocycles. The Kier molecular flexibility index (Phi) is 5.04. The largest absolute Gasteiger partial charge is 0.345 e. The lowest BCUT2D eigenvalue weighted by Gasteiger charge is -2.34. The van der Waals surface area contributed by atoms with Gasteiger partial charge < -0.3 is 9.80 Å². The molecule has 1 saturated heterocycles. The molecule has 0 radical (unpaired) electrons. The van der Waals surface area contributed by atoms with E-state index < -0.39 is 0 Å². The van der Waals surface area contributed by atoms with Gasteiger partial charge in [0.1, 0.15) is 0 Å². The Balaban J connectivity index is 1.24. The first-order valence-electron chi connectivity index (χ1n) is 9.80. The van der Waals surface area contributed by atoms with Crippen molar-refractivity contribution in [2.24, 2.45) is 0 Å². The van der Waals surface area contributed by atoms with Crippen LogP contribution < -0.4 is 9.80 Å². The molecule has 1 aliphatic rings. The molecular weight excluding hydrogens is 396 g/mol. The van der Waals surface area contributed by atoms with Gasteiger partial charge in [-0.25, -0.2) is 9.97 Å². The first-order chi connectivity index (χ1) is 14.3. The Morgan fingerprint density at radius 1 is 0.655 bits per heavy atom. The highest BCUT2D eigenvalue weighted by Gasteiger charge is 2.22. The lowest BCUT2D eigenvalue weighted by Crippen LogP contribution is -2.46. The molecule has 6 heteroatoms. The monoisotopic (exact) mass is 418 g/mol. The first kappa shape index (κ1) is 18.3. The molecule has 29 heavy (non-hydrogen) atoms. The number of aryl methyl sites for hydroxylation is 1. The zero-order chi connectivity index (χ0) is 19.6. The van der Waals surface area contributed by atoms with Crippen molar-refractivity contribution in [1.29, 1.82) is 0 Å². The van der Waals surface area contributed by atoms with Gasteiger partial charge in [0, 0.05) is 48.1 Å². The predicted molar refractivity (Wildman–Crippen MR) is 124 cm³/mol. The number of benzene rings is 2. The van der Waals surface area contributed by atoms with Crippen LogP contribution in [0.15, 0.2) is 65.4 Å². The SMILES string of the molecule is Cc1ccc(-c2csc(N3CCN(c4nc(-c5ccccc5)cs4)CC3)n2)cc1. The minimum atomic E-state index is 0.973. The highest BCUT2D eigenvalue weighted by molar-refractivity contribution is 7.14. The van der Waals surface area contributed by atoms with Crippen LogP contribution >= 0.6 is 22.7 Å². The standard InChI is InChI=1S/C23H22N4S2/c1-17-7-9-19(10-8-17)21-16-29-23(25-21)27-13-11-26(12-14-27)22-24-20(15-28-22)18-5-3-2-4-6-18/h2-10,15-16H,11-14H2,1H3. The second-order valence-electron chi connectivity index (χ2n) is 7.24. The second kappa shape index (κ2) is 7.97. The van der Waals surface area contributed by atoms with Crippen LogP contribution in [0.4, 0.5) is 10.3 Å². The van der Waals surface area contributed by atoms with Crippen molar-refractivity contribution in [3.05, 3.63) is 70.9 Å². The van der Waals surface area contributed by atoms with Crippen LogP contribution in [-0.2, 0) is 0 Å². The van der Waals surface area contributed by atoms with Crippen LogP contribution in [-0.4, -0.2) is 36.1 Å². The van der Waals surface area contributed by atoms with Crippen molar-refractivity contribution in [1.82, 2.24) is 9.97 Å². The lowest BCUT2D eigenvalue weighted by molar-refractivity contribution is 0.651. The molecule has 0 N–H and O–H groups in total. The number of nitrogens with zero attached hydrogens (tertiary/aromatic N) is 4. The third kappa shape index (κ3) is 3.91. The molecule has 3 heterocycles. The number of aromatic nitrogens is 2. The lowest BCUT2D eigenvalue weighted by atomic mass is 10.1. The summed E-state index contributed by atoms with van der Waals surface area (Å²) in [6.07, 6.45) is 0. The van der Waals surface area contributed by atoms with Crippen molar-refractivity contribution in [3.8, 4) is 22.5 Å². The van der Waals surface area contributed by atoms with E-state index >= 15 is 0 Å². The molecule has 0 unspecified atom stereocenters. The molecular formula is C23H22N4S2. The number of anilines is 2. The van der Waals surface area contributed by atoms with Gasteiger partial charge in [0.25, 0.3) is 0 Å². The summed E-state index contributed by atoms with van der Waals surface area (Å²) >= 11 is 3.47. The van der Waals surface area contributed by atoms with Gasteiger partial charge in [-0.15, -0.1) is 22.7 Å². The van der Waals surface area contributed by atoms with Crippen molar-refractivity contribution in [2.75, 3.05) is 36.0 Å². The van der Waals surface area contributed by atoms with Gasteiger partial charge in [-0.3, -0.25) is 0 Å². The van der Waals surface area contributed by atoms with Crippen molar-refractivity contribution in [3.63, 3.8) is 0 Å². The molecule has 0 bridgehead atoms. The molecule has 0 spiro atoms. The molecule has 2 aromatic heterocycles. The minimum absolute atomic E-state index is 0.973. The summed E-state index contributed by atoms with van der Waals surface area (Å²) in [6, 6.07) is 19.0. The Labute approximate surface area is 179 Å². The van der Waals surface area contributed by atoms with Crippen molar-refractivity contribution >= 4 is 32.9 Å². The van der Waals surface area contributed by atoms with E-state index in [1.165, 1.54) is 16.7 Å². The molecule has 4 nitrogen and oxygen atoms in total. The van der Waals surface area contributed by atoms with Crippen LogP contribution in [0.25, 0.3) is 22.5 Å². The van der Waals surface area contributed by atoms with Gasteiger partial charge in [0.05, 0.1) is 11.4 Å². The Hall–Kier alpha value is -2.70. The zero-order valence-corrected chi connectivity index (χ0v) is 17.9. The van der Waals surface area contributed by atoms with Gasteiger partial charge in [-0.05, 0) is 6.92 Å². The Morgan fingerprint density at radius 3 is 1.66 bits per heavy atom. The molecule has 146 valence electrons. The topological polar surface area (TPSA) is 32.3 Å². The Morgan fingerprint density at radius 2 is 1.14 bits per heavy atom. The van der Waals surface area contributed by atoms with Gasteiger partial charge in [0.15, 0.2) is 10.3 Å². The van der Waals surface area contributed by atoms with Gasteiger partial charge in [-0.1, -0.05) is 60.2 Å². The molecule has 0 aliphatic carbocycles. The highest BCUT2D eigenvalue weighted by Crippen LogP contribution is 2.31. The third-order valence-electron chi connectivity index (χ3n) is 5.22. The number of piperazine rings is 1. The minimum Gasteiger partial charge on any atom is -0.345 e. The maximum atomic E-state index is 4.89. The summed E-state index contributed by atoms with van der Waals surface area (Å²) in [5.74, 6) is 0. The van der Waals surface area contributed by atoms with E-state index in [4.69, 9.17) is 9.97 Å². The van der Waals surface area contributed by atoms with E-state index in [2.05, 4.69) is 76.0 Å². The molecule has 2 aromatic carbocycles. The first-order valence-corrected chi connectivity index (χ1v) is 11.6. The molecule has 1 aliphatic heterocycles. The van der Waals surface area contributed by atoms with E-state index in [1.54, 1.807) is 22.7 Å².